The molecule has 0 aromatic heterocycles. The number of aliphatic imine (C=N–C) groups is 1. The largest absolute Gasteiger partial charge is 2.00 e. The minimum atomic E-state index is -1.13. The normalized spacial score (nSPS) is 18.4. The quantitative estimate of drug-likeness (QED) is 0.209. The number of rotatable bonds is 7. The maximum Gasteiger partial charge on any atom is 2.00 e. The van der Waals surface area contributed by atoms with Crippen molar-refractivity contribution < 1.29 is 29.3 Å². The first-order chi connectivity index (χ1) is 10.7. The molecule has 1 saturated carbocycles. The molecule has 132 valence electrons. The van der Waals surface area contributed by atoms with Gasteiger partial charge < -0.3 is 24.5 Å². The Morgan fingerprint density at radius 1 is 1.08 bits per heavy atom. The van der Waals surface area contributed by atoms with Crippen LogP contribution in [-0.4, -0.2) is 53.9 Å². The van der Waals surface area contributed by atoms with Gasteiger partial charge in [-0.05, 0) is 31.6 Å². The number of ether oxygens (including phenoxy) is 2. The van der Waals surface area contributed by atoms with Gasteiger partial charge in [0.1, 0.15) is 6.08 Å². The van der Waals surface area contributed by atoms with E-state index >= 15 is 0 Å². The molecule has 0 aliphatic heterocycles. The molecule has 1 unspecified atom stereocenters. The van der Waals surface area contributed by atoms with E-state index in [4.69, 9.17) is 9.47 Å². The van der Waals surface area contributed by atoms with Gasteiger partial charge in [0.05, 0.1) is 5.92 Å². The number of carbonyl (C=O) groups is 2. The molecular weight excluding hydrogens is 326 g/mol. The third-order valence-corrected chi connectivity index (χ3v) is 4.00. The predicted octanol–water partition coefficient (Wildman–Crippen LogP) is -0.0258. The number of aliphatic carboxylic acids is 1. The summed E-state index contributed by atoms with van der Waals surface area (Å²) < 4.78 is 9.82. The van der Waals surface area contributed by atoms with Crippen molar-refractivity contribution in [1.82, 2.24) is 0 Å². The minimum absolute atomic E-state index is 0. The van der Waals surface area contributed by atoms with Crippen LogP contribution in [0.2, 0.25) is 0 Å². The number of hydrogen-bond donors (Lipinski definition) is 0. The topological polar surface area (TPSA) is 111 Å². The first-order valence-corrected chi connectivity index (χ1v) is 8.02. The fourth-order valence-corrected chi connectivity index (χ4v) is 2.73. The Bertz CT molecular complexity index is 446. The molecule has 1 rings (SSSR count). The van der Waals surface area contributed by atoms with Gasteiger partial charge in [-0.15, -0.1) is 0 Å². The van der Waals surface area contributed by atoms with E-state index in [9.17, 15) is 19.8 Å². The van der Waals surface area contributed by atoms with Gasteiger partial charge in [0.15, 0.2) is 6.29 Å². The van der Waals surface area contributed by atoms with Crippen molar-refractivity contribution in [3.63, 3.8) is 0 Å². The van der Waals surface area contributed by atoms with Crippen molar-refractivity contribution >= 4 is 41.1 Å². The van der Waals surface area contributed by atoms with Crippen LogP contribution < -0.4 is 10.2 Å². The van der Waals surface area contributed by atoms with Gasteiger partial charge in [-0.3, -0.25) is 9.79 Å². The summed E-state index contributed by atoms with van der Waals surface area (Å²) in [5.41, 5.74) is -0.534. The van der Waals surface area contributed by atoms with Gasteiger partial charge in [-0.25, -0.2) is 0 Å². The third kappa shape index (κ3) is 8.19. The summed E-state index contributed by atoms with van der Waals surface area (Å²) in [6.45, 7) is 4.87. The van der Waals surface area contributed by atoms with Crippen LogP contribution in [0.5, 0.6) is 0 Å². The zero-order chi connectivity index (χ0) is 17.5. The van der Waals surface area contributed by atoms with Crippen LogP contribution in [0.15, 0.2) is 4.99 Å². The second-order valence-corrected chi connectivity index (χ2v) is 6.47. The maximum absolute atomic E-state index is 11.7. The van der Waals surface area contributed by atoms with Crippen LogP contribution in [0, 0.1) is 11.3 Å². The van der Waals surface area contributed by atoms with Gasteiger partial charge in [-0.1, -0.05) is 33.1 Å². The average molecular weight is 352 g/mol. The van der Waals surface area contributed by atoms with Gasteiger partial charge in [0.25, 0.3) is 0 Å². The first kappa shape index (κ1) is 23.0. The van der Waals surface area contributed by atoms with Crippen LogP contribution >= 0.6 is 0 Å². The van der Waals surface area contributed by atoms with E-state index in [-0.39, 0.29) is 41.9 Å². The molecule has 8 heteroatoms. The Labute approximate surface area is 159 Å². The van der Waals surface area contributed by atoms with E-state index in [0.717, 1.165) is 19.3 Å². The molecule has 1 fully saturated rings. The molecule has 0 heterocycles. The molecule has 1 aliphatic rings. The van der Waals surface area contributed by atoms with E-state index in [0.29, 0.717) is 12.8 Å². The molecule has 0 amide bonds. The number of nitrogens with zero attached hydrogens (tertiary/aromatic N) is 1. The number of carboxylic acid groups (broad SMARTS) is 1. The Morgan fingerprint density at radius 3 is 2.17 bits per heavy atom. The smallest absolute Gasteiger partial charge is 0.564 e. The second kappa shape index (κ2) is 10.8. The molecule has 0 spiro atoms. The Kier molecular flexibility index (Phi) is 10.3. The summed E-state index contributed by atoms with van der Waals surface area (Å²) in [5.74, 6) is -1.91. The number of hydrogen-bond acceptors (Lipinski definition) is 7. The number of carbonyl (C=O) groups excluding carboxylic acids is 2. The fraction of sp³-hybridized carbons (Fsp3) is 0.812. The van der Waals surface area contributed by atoms with Crippen LogP contribution in [0.1, 0.15) is 59.3 Å². The van der Waals surface area contributed by atoms with Gasteiger partial charge in [-0.2, -0.15) is 0 Å². The summed E-state index contributed by atoms with van der Waals surface area (Å²) in [6, 6.07) is 0. The molecule has 0 bridgehead atoms. The summed E-state index contributed by atoms with van der Waals surface area (Å²) in [4.78, 5) is 26.2. The van der Waals surface area contributed by atoms with E-state index in [2.05, 4.69) is 4.99 Å². The summed E-state index contributed by atoms with van der Waals surface area (Å²) in [7, 11) is 0. The van der Waals surface area contributed by atoms with Crippen molar-refractivity contribution in [3.8, 4) is 0 Å². The van der Waals surface area contributed by atoms with Gasteiger partial charge in [0.2, 0.25) is 0 Å². The standard InChI is InChI=1S/C16H27NO6.Mg/c1-11(2)14(20)22-12(3)23-15(21)17-10-16(9-13(18)19)7-5-4-6-8-16;/h11-12H,4-10H2,1-3H3,(H,17,21)(H,18,19);/q;+2/p-2. The minimum Gasteiger partial charge on any atom is -0.564 e. The monoisotopic (exact) mass is 351 g/mol. The van der Waals surface area contributed by atoms with Crippen molar-refractivity contribution in [1.29, 1.82) is 0 Å². The van der Waals surface area contributed by atoms with E-state index in [1.807, 2.05) is 0 Å². The zero-order valence-corrected chi connectivity index (χ0v) is 16.1. The van der Waals surface area contributed by atoms with Crippen molar-refractivity contribution in [2.24, 2.45) is 16.3 Å². The molecule has 0 radical (unpaired) electrons. The molecule has 24 heavy (non-hydrogen) atoms. The maximum atomic E-state index is 11.7. The van der Waals surface area contributed by atoms with Crippen molar-refractivity contribution in [3.05, 3.63) is 0 Å². The Balaban J connectivity index is 0.00000529. The van der Waals surface area contributed by atoms with E-state index in [1.165, 1.54) is 6.92 Å². The second-order valence-electron chi connectivity index (χ2n) is 6.47. The fourth-order valence-electron chi connectivity index (χ4n) is 2.73. The van der Waals surface area contributed by atoms with Crippen LogP contribution in [0.4, 0.5) is 0 Å². The van der Waals surface area contributed by atoms with Crippen molar-refractivity contribution in [2.45, 2.75) is 65.6 Å². The molecule has 0 saturated heterocycles. The van der Waals surface area contributed by atoms with Gasteiger partial charge >= 0.3 is 29.0 Å². The molecule has 1 aliphatic carbocycles. The summed E-state index contributed by atoms with van der Waals surface area (Å²) in [5, 5.41) is 22.7. The first-order valence-electron chi connectivity index (χ1n) is 8.02. The SMILES string of the molecule is CC(OC(=O)C(C)C)OC([O-])=NCC1(CC(=O)[O-])CCCCC1.[Mg+2]. The molecule has 7 nitrogen and oxygen atoms in total. The Hall–Kier alpha value is -1.02. The number of esters is 1. The molecule has 0 aromatic rings. The van der Waals surface area contributed by atoms with Gasteiger partial charge in [0, 0.05) is 12.5 Å². The average Bonchev–Trinajstić information content (AvgIpc) is 2.45. The van der Waals surface area contributed by atoms with Crippen LogP contribution in [0.25, 0.3) is 0 Å². The molecular formula is C16H25MgNO6. The van der Waals surface area contributed by atoms with E-state index < -0.39 is 29.7 Å². The zero-order valence-electron chi connectivity index (χ0n) is 14.7. The predicted molar refractivity (Wildman–Crippen MR) is 84.7 cm³/mol. The Morgan fingerprint density at radius 2 is 1.67 bits per heavy atom. The van der Waals surface area contributed by atoms with Crippen LogP contribution in [-0.2, 0) is 19.1 Å². The van der Waals surface area contributed by atoms with Crippen LogP contribution in [0.3, 0.4) is 0 Å². The summed E-state index contributed by atoms with van der Waals surface area (Å²) >= 11 is 0. The molecule has 1 atom stereocenters. The molecule has 0 aromatic carbocycles. The number of carboxylic acids is 1. The summed E-state index contributed by atoms with van der Waals surface area (Å²) in [6.07, 6.45) is 2.32. The van der Waals surface area contributed by atoms with E-state index in [1.54, 1.807) is 13.8 Å². The third-order valence-electron chi connectivity index (χ3n) is 4.00. The van der Waals surface area contributed by atoms with Crippen molar-refractivity contribution in [2.75, 3.05) is 6.54 Å². The molecule has 0 N–H and O–H groups in total.